The van der Waals surface area contributed by atoms with E-state index in [2.05, 4.69) is 29.2 Å². The van der Waals surface area contributed by atoms with E-state index in [1.54, 1.807) is 6.20 Å². The predicted octanol–water partition coefficient (Wildman–Crippen LogP) is 3.38. The third kappa shape index (κ3) is 4.73. The minimum atomic E-state index is 0.0140. The van der Waals surface area contributed by atoms with Crippen LogP contribution in [0.2, 0.25) is 0 Å². The van der Waals surface area contributed by atoms with Crippen LogP contribution < -0.4 is 10.2 Å². The number of amides is 1. The Morgan fingerprint density at radius 2 is 2.10 bits per heavy atom. The molecule has 0 spiro atoms. The lowest BCUT2D eigenvalue weighted by Gasteiger charge is -2.23. The normalized spacial score (nSPS) is 15.7. The van der Waals surface area contributed by atoms with Crippen molar-refractivity contribution >= 4 is 11.6 Å². The molecular formula is C17H27N3O. The minimum absolute atomic E-state index is 0.0140. The third-order valence-corrected chi connectivity index (χ3v) is 4.21. The highest BCUT2D eigenvalue weighted by Crippen LogP contribution is 2.19. The summed E-state index contributed by atoms with van der Waals surface area (Å²) >= 11 is 0. The molecule has 1 fully saturated rings. The molecule has 2 rings (SSSR count). The van der Waals surface area contributed by atoms with Crippen LogP contribution in [0.3, 0.4) is 0 Å². The van der Waals surface area contributed by atoms with Gasteiger partial charge in [-0.05, 0) is 25.3 Å². The standard InChI is InChI=1S/C17H27N3O/c1-3-4-10-20(2)16-11-14(12-18-13-16)17(21)19-15-8-6-5-7-9-15/h11-13,15H,3-10H2,1-2H3,(H,19,21). The Labute approximate surface area is 127 Å². The fraction of sp³-hybridized carbons (Fsp3) is 0.647. The Morgan fingerprint density at radius 1 is 1.33 bits per heavy atom. The lowest BCUT2D eigenvalue weighted by atomic mass is 9.95. The van der Waals surface area contributed by atoms with Crippen molar-refractivity contribution in [3.05, 3.63) is 24.0 Å². The summed E-state index contributed by atoms with van der Waals surface area (Å²) in [7, 11) is 2.05. The molecule has 4 heteroatoms. The molecule has 0 radical (unpaired) electrons. The number of anilines is 1. The van der Waals surface area contributed by atoms with Crippen LogP contribution in [0.5, 0.6) is 0 Å². The van der Waals surface area contributed by atoms with Crippen molar-refractivity contribution in [3.63, 3.8) is 0 Å². The quantitative estimate of drug-likeness (QED) is 0.873. The number of rotatable bonds is 6. The number of carbonyl (C=O) groups is 1. The molecule has 1 aliphatic rings. The third-order valence-electron chi connectivity index (χ3n) is 4.21. The fourth-order valence-corrected chi connectivity index (χ4v) is 2.80. The van der Waals surface area contributed by atoms with Crippen LogP contribution in [0.15, 0.2) is 18.5 Å². The predicted molar refractivity (Wildman–Crippen MR) is 86.8 cm³/mol. The van der Waals surface area contributed by atoms with Crippen LogP contribution in [-0.4, -0.2) is 30.5 Å². The maximum absolute atomic E-state index is 12.3. The molecule has 0 aliphatic heterocycles. The van der Waals surface area contributed by atoms with E-state index in [1.807, 2.05) is 12.3 Å². The van der Waals surface area contributed by atoms with Gasteiger partial charge in [0.2, 0.25) is 0 Å². The van der Waals surface area contributed by atoms with Crippen molar-refractivity contribution in [1.29, 1.82) is 0 Å². The number of hydrogen-bond donors (Lipinski definition) is 1. The van der Waals surface area contributed by atoms with Crippen LogP contribution in [0.25, 0.3) is 0 Å². The largest absolute Gasteiger partial charge is 0.373 e. The van der Waals surface area contributed by atoms with E-state index in [9.17, 15) is 4.79 Å². The summed E-state index contributed by atoms with van der Waals surface area (Å²) in [6, 6.07) is 2.29. The lowest BCUT2D eigenvalue weighted by Crippen LogP contribution is -2.36. The number of nitrogens with one attached hydrogen (secondary N) is 1. The smallest absolute Gasteiger partial charge is 0.253 e. The molecule has 1 heterocycles. The SMILES string of the molecule is CCCCN(C)c1cncc(C(=O)NC2CCCCC2)c1. The second kappa shape index (κ2) is 8.01. The van der Waals surface area contributed by atoms with Crippen molar-refractivity contribution in [1.82, 2.24) is 10.3 Å². The highest BCUT2D eigenvalue weighted by molar-refractivity contribution is 5.94. The summed E-state index contributed by atoms with van der Waals surface area (Å²) in [4.78, 5) is 18.7. The van der Waals surface area contributed by atoms with Crippen LogP contribution in [0.1, 0.15) is 62.2 Å². The van der Waals surface area contributed by atoms with E-state index < -0.39 is 0 Å². The molecule has 0 aromatic carbocycles. The Hall–Kier alpha value is -1.58. The summed E-state index contributed by atoms with van der Waals surface area (Å²) in [6.45, 7) is 3.17. The molecule has 21 heavy (non-hydrogen) atoms. The number of nitrogens with zero attached hydrogens (tertiary/aromatic N) is 2. The number of carbonyl (C=O) groups excluding carboxylic acids is 1. The van der Waals surface area contributed by atoms with Gasteiger partial charge in [-0.25, -0.2) is 0 Å². The second-order valence-corrected chi connectivity index (χ2v) is 6.02. The first-order chi connectivity index (χ1) is 10.2. The molecule has 0 saturated heterocycles. The van der Waals surface area contributed by atoms with Gasteiger partial charge in [-0.1, -0.05) is 32.6 Å². The molecule has 1 amide bonds. The first-order valence-corrected chi connectivity index (χ1v) is 8.17. The van der Waals surface area contributed by atoms with Crippen molar-refractivity contribution in [2.45, 2.75) is 57.9 Å². The zero-order valence-electron chi connectivity index (χ0n) is 13.3. The van der Waals surface area contributed by atoms with E-state index in [4.69, 9.17) is 0 Å². The van der Waals surface area contributed by atoms with Gasteiger partial charge in [0, 0.05) is 25.8 Å². The minimum Gasteiger partial charge on any atom is -0.373 e. The zero-order chi connectivity index (χ0) is 15.1. The van der Waals surface area contributed by atoms with Gasteiger partial charge in [0.1, 0.15) is 0 Å². The molecule has 116 valence electrons. The Morgan fingerprint density at radius 3 is 2.81 bits per heavy atom. The summed E-state index contributed by atoms with van der Waals surface area (Å²) in [5, 5.41) is 3.15. The van der Waals surface area contributed by atoms with E-state index in [0.29, 0.717) is 11.6 Å². The molecular weight excluding hydrogens is 262 g/mol. The number of aromatic nitrogens is 1. The van der Waals surface area contributed by atoms with Gasteiger partial charge in [-0.15, -0.1) is 0 Å². The second-order valence-electron chi connectivity index (χ2n) is 6.02. The van der Waals surface area contributed by atoms with Crippen LogP contribution in [-0.2, 0) is 0 Å². The van der Waals surface area contributed by atoms with Gasteiger partial charge < -0.3 is 10.2 Å². The summed E-state index contributed by atoms with van der Waals surface area (Å²) < 4.78 is 0. The van der Waals surface area contributed by atoms with E-state index in [-0.39, 0.29) is 5.91 Å². The average Bonchev–Trinajstić information content (AvgIpc) is 2.53. The number of pyridine rings is 1. The fourth-order valence-electron chi connectivity index (χ4n) is 2.80. The molecule has 4 nitrogen and oxygen atoms in total. The maximum Gasteiger partial charge on any atom is 0.253 e. The Kier molecular flexibility index (Phi) is 6.03. The Balaban J connectivity index is 1.97. The zero-order valence-corrected chi connectivity index (χ0v) is 13.3. The monoisotopic (exact) mass is 289 g/mol. The van der Waals surface area contributed by atoms with Crippen molar-refractivity contribution in [3.8, 4) is 0 Å². The lowest BCUT2D eigenvalue weighted by molar-refractivity contribution is 0.0927. The van der Waals surface area contributed by atoms with Gasteiger partial charge in [0.15, 0.2) is 0 Å². The highest BCUT2D eigenvalue weighted by atomic mass is 16.1. The van der Waals surface area contributed by atoms with Gasteiger partial charge in [0.05, 0.1) is 17.4 Å². The number of hydrogen-bond acceptors (Lipinski definition) is 3. The molecule has 0 unspecified atom stereocenters. The molecule has 1 saturated carbocycles. The first-order valence-electron chi connectivity index (χ1n) is 8.17. The van der Waals surface area contributed by atoms with Crippen molar-refractivity contribution in [2.75, 3.05) is 18.5 Å². The van der Waals surface area contributed by atoms with E-state index in [1.165, 1.54) is 25.7 Å². The van der Waals surface area contributed by atoms with Crippen molar-refractivity contribution < 1.29 is 4.79 Å². The molecule has 0 bridgehead atoms. The number of unbranched alkanes of at least 4 members (excludes halogenated alkanes) is 1. The Bertz CT molecular complexity index is 455. The first kappa shape index (κ1) is 15.8. The molecule has 1 aliphatic carbocycles. The molecule has 1 aromatic heterocycles. The average molecular weight is 289 g/mol. The van der Waals surface area contributed by atoms with E-state index >= 15 is 0 Å². The van der Waals surface area contributed by atoms with Crippen molar-refractivity contribution in [2.24, 2.45) is 0 Å². The summed E-state index contributed by atoms with van der Waals surface area (Å²) in [5.74, 6) is 0.0140. The van der Waals surface area contributed by atoms with E-state index in [0.717, 1.165) is 31.5 Å². The molecule has 0 atom stereocenters. The van der Waals surface area contributed by atoms with Crippen LogP contribution in [0.4, 0.5) is 5.69 Å². The van der Waals surface area contributed by atoms with Gasteiger partial charge in [-0.3, -0.25) is 9.78 Å². The summed E-state index contributed by atoms with van der Waals surface area (Å²) in [6.07, 6.45) is 11.8. The maximum atomic E-state index is 12.3. The topological polar surface area (TPSA) is 45.2 Å². The molecule has 1 aromatic rings. The van der Waals surface area contributed by atoms with Gasteiger partial charge in [-0.2, -0.15) is 0 Å². The van der Waals surface area contributed by atoms with Crippen LogP contribution >= 0.6 is 0 Å². The highest BCUT2D eigenvalue weighted by Gasteiger charge is 2.17. The van der Waals surface area contributed by atoms with Crippen LogP contribution in [0, 0.1) is 0 Å². The van der Waals surface area contributed by atoms with Gasteiger partial charge in [0.25, 0.3) is 5.91 Å². The summed E-state index contributed by atoms with van der Waals surface area (Å²) in [5.41, 5.74) is 1.68. The molecule has 1 N–H and O–H groups in total. The van der Waals surface area contributed by atoms with Gasteiger partial charge >= 0.3 is 0 Å².